The van der Waals surface area contributed by atoms with Crippen molar-refractivity contribution in [1.29, 1.82) is 0 Å². The van der Waals surface area contributed by atoms with Crippen LogP contribution in [0.25, 0.3) is 11.0 Å². The van der Waals surface area contributed by atoms with Gasteiger partial charge < -0.3 is 4.98 Å². The number of aromatic amines is 1. The highest BCUT2D eigenvalue weighted by Crippen LogP contribution is 2.35. The molecule has 2 aromatic heterocycles. The van der Waals surface area contributed by atoms with Crippen LogP contribution in [0, 0.1) is 0 Å². The number of fused-ring (bicyclic) bond motifs is 3. The Hall–Kier alpha value is -1.62. The minimum atomic E-state index is 0.0918. The van der Waals surface area contributed by atoms with E-state index in [0.717, 1.165) is 43.6 Å². The maximum absolute atomic E-state index is 12.3. The molecule has 3 heterocycles. The Morgan fingerprint density at radius 1 is 1.18 bits per heavy atom. The van der Waals surface area contributed by atoms with Gasteiger partial charge in [0.15, 0.2) is 0 Å². The second-order valence-electron chi connectivity index (χ2n) is 7.10. The second-order valence-corrected chi connectivity index (χ2v) is 7.10. The van der Waals surface area contributed by atoms with Crippen molar-refractivity contribution < 1.29 is 0 Å². The number of rotatable bonds is 2. The fourth-order valence-corrected chi connectivity index (χ4v) is 3.99. The topological polar surface area (TPSA) is 53.9 Å². The van der Waals surface area contributed by atoms with Gasteiger partial charge >= 0.3 is 0 Å². The third-order valence-corrected chi connectivity index (χ3v) is 5.38. The molecule has 1 aliphatic heterocycles. The Morgan fingerprint density at radius 3 is 2.55 bits per heavy atom. The predicted octanol–water partition coefficient (Wildman–Crippen LogP) is 1.95. The van der Waals surface area contributed by atoms with E-state index in [0.29, 0.717) is 12.0 Å². The minimum absolute atomic E-state index is 0.0918. The van der Waals surface area contributed by atoms with Crippen LogP contribution in [-0.4, -0.2) is 38.8 Å². The molecule has 0 spiro atoms. The summed E-state index contributed by atoms with van der Waals surface area (Å²) in [6, 6.07) is 0.597. The van der Waals surface area contributed by atoms with Crippen molar-refractivity contribution in [3.8, 4) is 0 Å². The smallest absolute Gasteiger partial charge is 0.253 e. The number of likely N-dealkylation sites (tertiary alicyclic amines) is 1. The number of aryl methyl sites for hydroxylation is 2. The molecule has 4 rings (SSSR count). The number of hydrogen-bond donors (Lipinski definition) is 1. The van der Waals surface area contributed by atoms with E-state index in [2.05, 4.69) is 23.7 Å². The zero-order valence-electron chi connectivity index (χ0n) is 13.6. The van der Waals surface area contributed by atoms with Gasteiger partial charge in [-0.3, -0.25) is 14.4 Å². The third kappa shape index (κ3) is 1.95. The number of nitrogens with zero attached hydrogens (tertiary/aromatic N) is 3. The maximum Gasteiger partial charge on any atom is 0.253 e. The average Bonchev–Trinajstić information content (AvgIpc) is 2.74. The van der Waals surface area contributed by atoms with Gasteiger partial charge in [0, 0.05) is 43.0 Å². The van der Waals surface area contributed by atoms with Crippen molar-refractivity contribution in [2.24, 2.45) is 7.05 Å². The van der Waals surface area contributed by atoms with Gasteiger partial charge in [-0.2, -0.15) is 5.10 Å². The quantitative estimate of drug-likeness (QED) is 0.922. The molecule has 1 N–H and O–H groups in total. The van der Waals surface area contributed by atoms with Crippen LogP contribution in [0.4, 0.5) is 0 Å². The molecular weight excluding hydrogens is 276 g/mol. The first-order valence-electron chi connectivity index (χ1n) is 8.41. The molecule has 0 amide bonds. The average molecular weight is 300 g/mol. The van der Waals surface area contributed by atoms with Gasteiger partial charge in [0.1, 0.15) is 5.65 Å². The van der Waals surface area contributed by atoms with E-state index in [-0.39, 0.29) is 5.56 Å². The lowest BCUT2D eigenvalue weighted by Gasteiger charge is -2.41. The molecule has 22 heavy (non-hydrogen) atoms. The standard InChI is InChI=1S/C17H24N4O/c1-10(2)21-8-11(9-21)15-14-12-6-4-5-7-13(12)17(22)18-16(14)20(3)19-15/h10-11H,4-9H2,1-3H3,(H,18,22). The Morgan fingerprint density at radius 2 is 1.86 bits per heavy atom. The number of aromatic nitrogens is 3. The van der Waals surface area contributed by atoms with Gasteiger partial charge in [-0.05, 0) is 45.1 Å². The molecular formula is C17H24N4O. The Kier molecular flexibility index (Phi) is 3.15. The number of hydrogen-bond acceptors (Lipinski definition) is 3. The van der Waals surface area contributed by atoms with Crippen LogP contribution >= 0.6 is 0 Å². The van der Waals surface area contributed by atoms with Crippen molar-refractivity contribution in [3.05, 3.63) is 27.2 Å². The second kappa shape index (κ2) is 4.95. The maximum atomic E-state index is 12.3. The van der Waals surface area contributed by atoms with Crippen LogP contribution in [0.1, 0.15) is 49.4 Å². The Labute approximate surface area is 130 Å². The summed E-state index contributed by atoms with van der Waals surface area (Å²) in [5.74, 6) is 0.503. The lowest BCUT2D eigenvalue weighted by atomic mass is 9.86. The van der Waals surface area contributed by atoms with Crippen LogP contribution in [-0.2, 0) is 19.9 Å². The van der Waals surface area contributed by atoms with Gasteiger partial charge in [0.25, 0.3) is 5.56 Å². The Balaban J connectivity index is 1.85. The molecule has 5 heteroatoms. The van der Waals surface area contributed by atoms with Crippen molar-refractivity contribution in [2.45, 2.75) is 51.5 Å². The summed E-state index contributed by atoms with van der Waals surface area (Å²) >= 11 is 0. The monoisotopic (exact) mass is 300 g/mol. The molecule has 1 saturated heterocycles. The molecule has 5 nitrogen and oxygen atoms in total. The summed E-state index contributed by atoms with van der Waals surface area (Å²) in [6.07, 6.45) is 4.25. The van der Waals surface area contributed by atoms with Crippen LogP contribution in [0.15, 0.2) is 4.79 Å². The van der Waals surface area contributed by atoms with Crippen LogP contribution in [0.5, 0.6) is 0 Å². The zero-order valence-corrected chi connectivity index (χ0v) is 13.6. The first-order valence-corrected chi connectivity index (χ1v) is 8.41. The van der Waals surface area contributed by atoms with E-state index in [1.165, 1.54) is 23.1 Å². The van der Waals surface area contributed by atoms with Gasteiger partial charge in [-0.15, -0.1) is 0 Å². The largest absolute Gasteiger partial charge is 0.307 e. The number of nitrogens with one attached hydrogen (secondary N) is 1. The van der Waals surface area contributed by atoms with Crippen molar-refractivity contribution in [3.63, 3.8) is 0 Å². The minimum Gasteiger partial charge on any atom is -0.307 e. The molecule has 0 radical (unpaired) electrons. The molecule has 1 fully saturated rings. The molecule has 0 bridgehead atoms. The summed E-state index contributed by atoms with van der Waals surface area (Å²) in [7, 11) is 1.94. The summed E-state index contributed by atoms with van der Waals surface area (Å²) < 4.78 is 1.86. The fourth-order valence-electron chi connectivity index (χ4n) is 3.99. The van der Waals surface area contributed by atoms with E-state index < -0.39 is 0 Å². The number of pyridine rings is 1. The first kappa shape index (κ1) is 14.0. The first-order chi connectivity index (χ1) is 10.6. The van der Waals surface area contributed by atoms with Crippen molar-refractivity contribution >= 4 is 11.0 Å². The highest BCUT2D eigenvalue weighted by Gasteiger charge is 2.34. The van der Waals surface area contributed by atoms with Crippen LogP contribution < -0.4 is 5.56 Å². The lowest BCUT2D eigenvalue weighted by molar-refractivity contribution is 0.108. The Bertz CT molecular complexity index is 780. The van der Waals surface area contributed by atoms with E-state index in [1.807, 2.05) is 11.7 Å². The van der Waals surface area contributed by atoms with E-state index in [1.54, 1.807) is 0 Å². The van der Waals surface area contributed by atoms with Gasteiger partial charge in [0.2, 0.25) is 0 Å². The molecule has 118 valence electrons. The van der Waals surface area contributed by atoms with Crippen LogP contribution in [0.2, 0.25) is 0 Å². The van der Waals surface area contributed by atoms with Gasteiger partial charge in [0.05, 0.1) is 5.69 Å². The molecule has 0 saturated carbocycles. The van der Waals surface area contributed by atoms with Crippen LogP contribution in [0.3, 0.4) is 0 Å². The highest BCUT2D eigenvalue weighted by atomic mass is 16.1. The van der Waals surface area contributed by atoms with Crippen molar-refractivity contribution in [1.82, 2.24) is 19.7 Å². The summed E-state index contributed by atoms with van der Waals surface area (Å²) in [5, 5.41) is 6.02. The fraction of sp³-hybridized carbons (Fsp3) is 0.647. The normalized spacial score (nSPS) is 19.6. The zero-order chi connectivity index (χ0) is 15.4. The summed E-state index contributed by atoms with van der Waals surface area (Å²) in [6.45, 7) is 6.65. The van der Waals surface area contributed by atoms with Crippen molar-refractivity contribution in [2.75, 3.05) is 13.1 Å². The third-order valence-electron chi connectivity index (χ3n) is 5.38. The predicted molar refractivity (Wildman–Crippen MR) is 87.4 cm³/mol. The molecule has 0 aromatic carbocycles. The van der Waals surface area contributed by atoms with E-state index in [9.17, 15) is 4.79 Å². The highest BCUT2D eigenvalue weighted by molar-refractivity contribution is 5.84. The molecule has 0 unspecified atom stereocenters. The molecule has 1 aliphatic carbocycles. The van der Waals surface area contributed by atoms with Gasteiger partial charge in [-0.1, -0.05) is 0 Å². The lowest BCUT2D eigenvalue weighted by Crippen LogP contribution is -2.48. The number of H-pyrrole nitrogens is 1. The summed E-state index contributed by atoms with van der Waals surface area (Å²) in [5.41, 5.74) is 4.48. The molecule has 2 aliphatic rings. The van der Waals surface area contributed by atoms with E-state index in [4.69, 9.17) is 5.10 Å². The molecule has 2 aromatic rings. The SMILES string of the molecule is CC(C)N1CC(c2nn(C)c3[nH]c(=O)c4c(c23)CCCC4)C1. The van der Waals surface area contributed by atoms with E-state index >= 15 is 0 Å². The van der Waals surface area contributed by atoms with Gasteiger partial charge in [-0.25, -0.2) is 0 Å². The molecule has 0 atom stereocenters. The summed E-state index contributed by atoms with van der Waals surface area (Å²) in [4.78, 5) is 17.9.